The molecule has 1 N–H and O–H groups in total. The van der Waals surface area contributed by atoms with Crippen molar-refractivity contribution in [1.82, 2.24) is 5.32 Å². The molecule has 1 rings (SSSR count). The summed E-state index contributed by atoms with van der Waals surface area (Å²) < 4.78 is 0. The van der Waals surface area contributed by atoms with Crippen LogP contribution in [0.3, 0.4) is 0 Å². The number of hydrogen-bond acceptors (Lipinski definition) is 2. The Balaban J connectivity index is 2.54. The average Bonchev–Trinajstić information content (AvgIpc) is 2.64. The van der Waals surface area contributed by atoms with E-state index in [-0.39, 0.29) is 0 Å². The number of thiophene rings is 1. The van der Waals surface area contributed by atoms with Crippen molar-refractivity contribution in [2.24, 2.45) is 0 Å². The summed E-state index contributed by atoms with van der Waals surface area (Å²) in [7, 11) is 0. The van der Waals surface area contributed by atoms with Crippen molar-refractivity contribution >= 4 is 11.3 Å². The number of aryl methyl sites for hydroxylation is 1. The molecule has 2 unspecified atom stereocenters. The number of hydrogen-bond donors (Lipinski definition) is 1. The molecule has 0 radical (unpaired) electrons. The summed E-state index contributed by atoms with van der Waals surface area (Å²) in [5.74, 6) is 2.72. The third-order valence-electron chi connectivity index (χ3n) is 2.53. The van der Waals surface area contributed by atoms with Crippen LogP contribution in [0.2, 0.25) is 0 Å². The average molecular weight is 221 g/mol. The molecule has 0 fully saturated rings. The van der Waals surface area contributed by atoms with Crippen LogP contribution in [-0.4, -0.2) is 6.04 Å². The van der Waals surface area contributed by atoms with E-state index in [1.54, 1.807) is 0 Å². The van der Waals surface area contributed by atoms with Crippen molar-refractivity contribution in [2.75, 3.05) is 0 Å². The fourth-order valence-corrected chi connectivity index (χ4v) is 2.47. The molecule has 15 heavy (non-hydrogen) atoms. The lowest BCUT2D eigenvalue weighted by Crippen LogP contribution is -2.30. The van der Waals surface area contributed by atoms with Crippen LogP contribution in [0.25, 0.3) is 0 Å². The zero-order valence-corrected chi connectivity index (χ0v) is 10.5. The molecule has 2 atom stereocenters. The monoisotopic (exact) mass is 221 g/mol. The van der Waals surface area contributed by atoms with E-state index >= 15 is 0 Å². The quantitative estimate of drug-likeness (QED) is 0.750. The summed E-state index contributed by atoms with van der Waals surface area (Å²) in [5, 5.41) is 3.57. The molecule has 0 aliphatic carbocycles. The molecular formula is C13H19NS. The third-order valence-corrected chi connectivity index (χ3v) is 3.71. The summed E-state index contributed by atoms with van der Waals surface area (Å²) in [6.07, 6.45) is 7.23. The van der Waals surface area contributed by atoms with Gasteiger partial charge in [-0.2, -0.15) is 0 Å². The molecule has 82 valence electrons. The molecule has 0 aliphatic heterocycles. The van der Waals surface area contributed by atoms with Crippen molar-refractivity contribution in [1.29, 1.82) is 0 Å². The Bertz CT molecular complexity index is 335. The molecule has 0 spiro atoms. The van der Waals surface area contributed by atoms with Crippen LogP contribution in [0.4, 0.5) is 0 Å². The van der Waals surface area contributed by atoms with Gasteiger partial charge in [0.1, 0.15) is 0 Å². The van der Waals surface area contributed by atoms with Gasteiger partial charge < -0.3 is 5.32 Å². The van der Waals surface area contributed by atoms with Gasteiger partial charge in [-0.25, -0.2) is 0 Å². The lowest BCUT2D eigenvalue weighted by Gasteiger charge is -2.19. The van der Waals surface area contributed by atoms with Gasteiger partial charge in [0.2, 0.25) is 0 Å². The van der Waals surface area contributed by atoms with Gasteiger partial charge in [0.25, 0.3) is 0 Å². The van der Waals surface area contributed by atoms with Gasteiger partial charge in [-0.15, -0.1) is 23.7 Å². The van der Waals surface area contributed by atoms with Gasteiger partial charge in [-0.05, 0) is 32.4 Å². The van der Waals surface area contributed by atoms with E-state index in [9.17, 15) is 0 Å². The van der Waals surface area contributed by atoms with Crippen LogP contribution >= 0.6 is 11.3 Å². The second kappa shape index (κ2) is 5.95. The van der Waals surface area contributed by atoms with Crippen LogP contribution in [0.1, 0.15) is 42.5 Å². The van der Waals surface area contributed by atoms with Crippen LogP contribution in [0.15, 0.2) is 12.1 Å². The lowest BCUT2D eigenvalue weighted by atomic mass is 10.1. The Kier molecular flexibility index (Phi) is 4.87. The first-order valence-electron chi connectivity index (χ1n) is 5.43. The maximum Gasteiger partial charge on any atom is 0.0388 e. The van der Waals surface area contributed by atoms with Crippen LogP contribution in [0.5, 0.6) is 0 Å². The molecule has 1 aromatic heterocycles. The zero-order chi connectivity index (χ0) is 11.3. The molecule has 1 nitrogen and oxygen atoms in total. The van der Waals surface area contributed by atoms with Gasteiger partial charge in [0.15, 0.2) is 0 Å². The fourth-order valence-electron chi connectivity index (χ4n) is 1.59. The highest BCUT2D eigenvalue weighted by Crippen LogP contribution is 2.23. The van der Waals surface area contributed by atoms with Crippen molar-refractivity contribution in [3.05, 3.63) is 21.9 Å². The smallest absolute Gasteiger partial charge is 0.0388 e. The molecule has 1 aromatic rings. The minimum atomic E-state index is 0.405. The largest absolute Gasteiger partial charge is 0.306 e. The second-order valence-electron chi connectivity index (χ2n) is 3.85. The predicted molar refractivity (Wildman–Crippen MR) is 68.1 cm³/mol. The third kappa shape index (κ3) is 3.70. The second-order valence-corrected chi connectivity index (χ2v) is 5.17. The standard InChI is InChI=1S/C13H19NS/c1-5-7-12(6-2)14-11(4)13-9-8-10(3)15-13/h1,8-9,11-12,14H,6-7H2,2-4H3. The Labute approximate surface area is 96.9 Å². The Morgan fingerprint density at radius 3 is 2.73 bits per heavy atom. The van der Waals surface area contributed by atoms with Gasteiger partial charge >= 0.3 is 0 Å². The summed E-state index contributed by atoms with van der Waals surface area (Å²) in [6, 6.07) is 5.20. The molecule has 0 aromatic carbocycles. The molecule has 0 bridgehead atoms. The molecule has 0 amide bonds. The normalized spacial score (nSPS) is 14.5. The highest BCUT2D eigenvalue weighted by Gasteiger charge is 2.11. The summed E-state index contributed by atoms with van der Waals surface area (Å²) in [4.78, 5) is 2.76. The Morgan fingerprint density at radius 2 is 2.27 bits per heavy atom. The number of nitrogens with one attached hydrogen (secondary N) is 1. The minimum Gasteiger partial charge on any atom is -0.306 e. The van der Waals surface area contributed by atoms with Crippen molar-refractivity contribution in [3.63, 3.8) is 0 Å². The molecule has 0 saturated carbocycles. The molecule has 2 heteroatoms. The summed E-state index contributed by atoms with van der Waals surface area (Å²) in [5.41, 5.74) is 0. The summed E-state index contributed by atoms with van der Waals surface area (Å²) >= 11 is 1.85. The van der Waals surface area contributed by atoms with Crippen molar-refractivity contribution in [2.45, 2.75) is 45.7 Å². The molecule has 0 saturated heterocycles. The molecule has 0 aliphatic rings. The van der Waals surface area contributed by atoms with E-state index in [1.807, 2.05) is 11.3 Å². The van der Waals surface area contributed by atoms with Gasteiger partial charge in [0.05, 0.1) is 0 Å². The van der Waals surface area contributed by atoms with E-state index in [2.05, 4.69) is 44.1 Å². The van der Waals surface area contributed by atoms with Gasteiger partial charge in [0, 0.05) is 28.3 Å². The van der Waals surface area contributed by atoms with Gasteiger partial charge in [-0.1, -0.05) is 6.92 Å². The maximum absolute atomic E-state index is 5.34. The number of terminal acetylenes is 1. The van der Waals surface area contributed by atoms with Crippen molar-refractivity contribution in [3.8, 4) is 12.3 Å². The molecule has 1 heterocycles. The van der Waals surface area contributed by atoms with Crippen LogP contribution in [0, 0.1) is 19.3 Å². The predicted octanol–water partition coefficient (Wildman–Crippen LogP) is 3.51. The highest BCUT2D eigenvalue weighted by molar-refractivity contribution is 7.12. The first kappa shape index (κ1) is 12.3. The SMILES string of the molecule is C#CCC(CC)NC(C)c1ccc(C)s1. The van der Waals surface area contributed by atoms with Crippen LogP contribution < -0.4 is 5.32 Å². The fraction of sp³-hybridized carbons (Fsp3) is 0.538. The topological polar surface area (TPSA) is 12.0 Å². The minimum absolute atomic E-state index is 0.405. The van der Waals surface area contributed by atoms with Gasteiger partial charge in [-0.3, -0.25) is 0 Å². The first-order valence-corrected chi connectivity index (χ1v) is 6.24. The first-order chi connectivity index (χ1) is 7.17. The van der Waals surface area contributed by atoms with E-state index in [4.69, 9.17) is 6.42 Å². The van der Waals surface area contributed by atoms with E-state index < -0.39 is 0 Å². The molecular weight excluding hydrogens is 202 g/mol. The van der Waals surface area contributed by atoms with Crippen molar-refractivity contribution < 1.29 is 0 Å². The summed E-state index contributed by atoms with van der Waals surface area (Å²) in [6.45, 7) is 6.51. The Morgan fingerprint density at radius 1 is 1.53 bits per heavy atom. The maximum atomic E-state index is 5.34. The zero-order valence-electron chi connectivity index (χ0n) is 9.71. The number of rotatable bonds is 5. The van der Waals surface area contributed by atoms with E-state index in [0.717, 1.165) is 12.8 Å². The van der Waals surface area contributed by atoms with E-state index in [0.29, 0.717) is 12.1 Å². The Hall–Kier alpha value is -0.780. The lowest BCUT2D eigenvalue weighted by molar-refractivity contribution is 0.453. The van der Waals surface area contributed by atoms with Crippen LogP contribution in [-0.2, 0) is 0 Å². The van der Waals surface area contributed by atoms with E-state index in [1.165, 1.54) is 9.75 Å². The highest BCUT2D eigenvalue weighted by atomic mass is 32.1.